The summed E-state index contributed by atoms with van der Waals surface area (Å²) in [7, 11) is 0. The van der Waals surface area contributed by atoms with Crippen LogP contribution in [0.2, 0.25) is 0 Å². The van der Waals surface area contributed by atoms with Crippen molar-refractivity contribution in [3.8, 4) is 11.5 Å². The van der Waals surface area contributed by atoms with Crippen molar-refractivity contribution in [2.45, 2.75) is 38.7 Å². The minimum absolute atomic E-state index is 0.109. The third-order valence-electron chi connectivity index (χ3n) is 3.44. The van der Waals surface area contributed by atoms with Crippen molar-refractivity contribution < 1.29 is 27.4 Å². The van der Waals surface area contributed by atoms with Crippen LogP contribution in [0.1, 0.15) is 26.2 Å². The van der Waals surface area contributed by atoms with Gasteiger partial charge in [-0.3, -0.25) is 4.79 Å². The van der Waals surface area contributed by atoms with Crippen LogP contribution in [0.5, 0.6) is 11.5 Å². The summed E-state index contributed by atoms with van der Waals surface area (Å²) < 4.78 is 46.1. The molecule has 0 aliphatic carbocycles. The Bertz CT molecular complexity index is 511. The number of hydrogen-bond acceptors (Lipinski definition) is 3. The number of halogens is 3. The predicted octanol–water partition coefficient (Wildman–Crippen LogP) is 3.37. The van der Waals surface area contributed by atoms with E-state index in [2.05, 4.69) is 4.74 Å². The van der Waals surface area contributed by atoms with Crippen molar-refractivity contribution in [3.63, 3.8) is 0 Å². The van der Waals surface area contributed by atoms with E-state index in [1.807, 2.05) is 6.92 Å². The van der Waals surface area contributed by atoms with E-state index in [1.165, 1.54) is 18.2 Å². The number of amides is 1. The molecule has 1 aliphatic heterocycles. The summed E-state index contributed by atoms with van der Waals surface area (Å²) in [6, 6.07) is 5.49. The zero-order chi connectivity index (χ0) is 16.2. The molecule has 0 aromatic heterocycles. The normalized spacial score (nSPS) is 16.5. The van der Waals surface area contributed by atoms with Crippen molar-refractivity contribution in [3.05, 3.63) is 24.3 Å². The number of carbonyl (C=O) groups is 1. The fourth-order valence-electron chi connectivity index (χ4n) is 2.38. The number of hydrogen-bond donors (Lipinski definition) is 0. The molecule has 1 saturated heterocycles. The standard InChI is InChI=1S/C15H18F3NO3/c1-2-14(20)19-8-6-11(7-9-19)21-12-4-3-5-13(10-12)22-15(16,17)18/h3-5,10-11H,2,6-9H2,1H3. The highest BCUT2D eigenvalue weighted by Gasteiger charge is 2.31. The fourth-order valence-corrected chi connectivity index (χ4v) is 2.38. The summed E-state index contributed by atoms with van der Waals surface area (Å²) >= 11 is 0. The lowest BCUT2D eigenvalue weighted by Gasteiger charge is -2.32. The number of ether oxygens (including phenoxy) is 2. The number of likely N-dealkylation sites (tertiary alicyclic amines) is 1. The third kappa shape index (κ3) is 4.82. The van der Waals surface area contributed by atoms with Gasteiger partial charge in [-0.1, -0.05) is 13.0 Å². The lowest BCUT2D eigenvalue weighted by Crippen LogP contribution is -2.41. The molecule has 0 atom stereocenters. The average Bonchev–Trinajstić information content (AvgIpc) is 2.46. The van der Waals surface area contributed by atoms with Gasteiger partial charge in [0.05, 0.1) is 0 Å². The molecule has 1 heterocycles. The van der Waals surface area contributed by atoms with Gasteiger partial charge in [-0.15, -0.1) is 13.2 Å². The van der Waals surface area contributed by atoms with Crippen LogP contribution in [-0.4, -0.2) is 36.4 Å². The van der Waals surface area contributed by atoms with Crippen LogP contribution in [0.15, 0.2) is 24.3 Å². The van der Waals surface area contributed by atoms with Gasteiger partial charge in [0.1, 0.15) is 17.6 Å². The first-order valence-electron chi connectivity index (χ1n) is 7.17. The molecule has 0 bridgehead atoms. The van der Waals surface area contributed by atoms with Crippen molar-refractivity contribution in [1.29, 1.82) is 0 Å². The van der Waals surface area contributed by atoms with E-state index in [-0.39, 0.29) is 17.8 Å². The molecule has 1 aromatic carbocycles. The molecule has 22 heavy (non-hydrogen) atoms. The molecule has 2 rings (SSSR count). The summed E-state index contributed by atoms with van der Waals surface area (Å²) in [6.45, 7) is 3.03. The molecule has 1 fully saturated rings. The van der Waals surface area contributed by atoms with Gasteiger partial charge in [-0.25, -0.2) is 0 Å². The highest BCUT2D eigenvalue weighted by molar-refractivity contribution is 5.75. The van der Waals surface area contributed by atoms with E-state index >= 15 is 0 Å². The number of rotatable bonds is 4. The van der Waals surface area contributed by atoms with Gasteiger partial charge in [0.25, 0.3) is 0 Å². The molecule has 122 valence electrons. The van der Waals surface area contributed by atoms with Crippen molar-refractivity contribution in [1.82, 2.24) is 4.90 Å². The van der Waals surface area contributed by atoms with E-state index in [4.69, 9.17) is 4.74 Å². The molecule has 1 amide bonds. The van der Waals surface area contributed by atoms with Crippen molar-refractivity contribution in [2.24, 2.45) is 0 Å². The molecule has 1 aliphatic rings. The van der Waals surface area contributed by atoms with Gasteiger partial charge >= 0.3 is 6.36 Å². The maximum absolute atomic E-state index is 12.2. The smallest absolute Gasteiger partial charge is 0.490 e. The summed E-state index contributed by atoms with van der Waals surface area (Å²) in [5.74, 6) is 0.143. The lowest BCUT2D eigenvalue weighted by molar-refractivity contribution is -0.274. The number of nitrogens with zero attached hydrogens (tertiary/aromatic N) is 1. The second-order valence-electron chi connectivity index (χ2n) is 5.07. The first kappa shape index (κ1) is 16.5. The first-order chi connectivity index (χ1) is 10.4. The minimum Gasteiger partial charge on any atom is -0.490 e. The van der Waals surface area contributed by atoms with Crippen molar-refractivity contribution in [2.75, 3.05) is 13.1 Å². The van der Waals surface area contributed by atoms with Crippen LogP contribution < -0.4 is 9.47 Å². The Hall–Kier alpha value is -1.92. The molecule has 0 N–H and O–H groups in total. The molecule has 7 heteroatoms. The maximum Gasteiger partial charge on any atom is 0.573 e. The Morgan fingerprint density at radius 2 is 1.91 bits per heavy atom. The summed E-state index contributed by atoms with van der Waals surface area (Å²) in [6.07, 6.45) is -3.03. The number of piperidine rings is 1. The summed E-state index contributed by atoms with van der Waals surface area (Å²) in [4.78, 5) is 13.4. The Balaban J connectivity index is 1.90. The van der Waals surface area contributed by atoms with E-state index in [9.17, 15) is 18.0 Å². The van der Waals surface area contributed by atoms with Crippen LogP contribution in [0.25, 0.3) is 0 Å². The average molecular weight is 317 g/mol. The number of benzene rings is 1. The molecule has 4 nitrogen and oxygen atoms in total. The van der Waals surface area contributed by atoms with Gasteiger partial charge in [0.2, 0.25) is 5.91 Å². The van der Waals surface area contributed by atoms with E-state index in [0.717, 1.165) is 0 Å². The van der Waals surface area contributed by atoms with Gasteiger partial charge in [-0.05, 0) is 12.1 Å². The van der Waals surface area contributed by atoms with Crippen LogP contribution in [0.3, 0.4) is 0 Å². The lowest BCUT2D eigenvalue weighted by atomic mass is 10.1. The number of carbonyl (C=O) groups excluding carboxylic acids is 1. The molecule has 0 unspecified atom stereocenters. The Kier molecular flexibility index (Phi) is 5.15. The quantitative estimate of drug-likeness (QED) is 0.855. The topological polar surface area (TPSA) is 38.8 Å². The minimum atomic E-state index is -4.72. The zero-order valence-corrected chi connectivity index (χ0v) is 12.2. The van der Waals surface area contributed by atoms with Crippen molar-refractivity contribution >= 4 is 5.91 Å². The Labute approximate surface area is 126 Å². The molecule has 0 saturated carbocycles. The third-order valence-corrected chi connectivity index (χ3v) is 3.44. The largest absolute Gasteiger partial charge is 0.573 e. The molecule has 0 spiro atoms. The van der Waals surface area contributed by atoms with Crippen LogP contribution in [0, 0.1) is 0 Å². The second kappa shape index (κ2) is 6.89. The second-order valence-corrected chi connectivity index (χ2v) is 5.07. The fraction of sp³-hybridized carbons (Fsp3) is 0.533. The summed E-state index contributed by atoms with van der Waals surface area (Å²) in [5.41, 5.74) is 0. The Morgan fingerprint density at radius 1 is 1.27 bits per heavy atom. The Morgan fingerprint density at radius 3 is 2.50 bits per heavy atom. The van der Waals surface area contributed by atoms with E-state index in [1.54, 1.807) is 11.0 Å². The highest BCUT2D eigenvalue weighted by atomic mass is 19.4. The monoisotopic (exact) mass is 317 g/mol. The first-order valence-corrected chi connectivity index (χ1v) is 7.17. The summed E-state index contributed by atoms with van der Waals surface area (Å²) in [5, 5.41) is 0. The van der Waals surface area contributed by atoms with Crippen LogP contribution in [-0.2, 0) is 4.79 Å². The maximum atomic E-state index is 12.2. The van der Waals surface area contributed by atoms with E-state index < -0.39 is 6.36 Å². The predicted molar refractivity (Wildman–Crippen MR) is 73.6 cm³/mol. The number of alkyl halides is 3. The van der Waals surface area contributed by atoms with Gasteiger partial charge < -0.3 is 14.4 Å². The van der Waals surface area contributed by atoms with Gasteiger partial charge in [-0.2, -0.15) is 0 Å². The molecular formula is C15H18F3NO3. The zero-order valence-electron chi connectivity index (χ0n) is 12.2. The van der Waals surface area contributed by atoms with Crippen LogP contribution >= 0.6 is 0 Å². The van der Waals surface area contributed by atoms with E-state index in [0.29, 0.717) is 38.1 Å². The van der Waals surface area contributed by atoms with Gasteiger partial charge in [0, 0.05) is 38.4 Å². The molecule has 1 aromatic rings. The van der Waals surface area contributed by atoms with Crippen LogP contribution in [0.4, 0.5) is 13.2 Å². The molecular weight excluding hydrogens is 299 g/mol. The highest BCUT2D eigenvalue weighted by Crippen LogP contribution is 2.27. The molecule has 0 radical (unpaired) electrons. The van der Waals surface area contributed by atoms with Gasteiger partial charge in [0.15, 0.2) is 0 Å². The SMILES string of the molecule is CCC(=O)N1CCC(Oc2cccc(OC(F)(F)F)c2)CC1.